The Labute approximate surface area is 171 Å². The molecule has 1 unspecified atom stereocenters. The molecule has 5 rings (SSSR count). The number of benzene rings is 2. The van der Waals surface area contributed by atoms with E-state index < -0.39 is 23.1 Å². The fourth-order valence-corrected chi connectivity index (χ4v) is 4.61. The van der Waals surface area contributed by atoms with Gasteiger partial charge in [0.2, 0.25) is 5.91 Å². The number of hydrogen-bond donors (Lipinski definition) is 1. The summed E-state index contributed by atoms with van der Waals surface area (Å²) in [4.78, 5) is 29.4. The van der Waals surface area contributed by atoms with Crippen LogP contribution in [-0.2, 0) is 19.7 Å². The van der Waals surface area contributed by atoms with Crippen LogP contribution in [0.2, 0.25) is 0 Å². The first-order chi connectivity index (χ1) is 14.4. The van der Waals surface area contributed by atoms with Crippen LogP contribution in [-0.4, -0.2) is 25.5 Å². The molecule has 1 amide bonds. The quantitative estimate of drug-likeness (QED) is 0.733. The topological polar surface area (TPSA) is 99.7 Å². The van der Waals surface area contributed by atoms with Crippen LogP contribution in [0.5, 0.6) is 0 Å². The van der Waals surface area contributed by atoms with E-state index in [-0.39, 0.29) is 23.6 Å². The molecule has 3 aliphatic heterocycles. The van der Waals surface area contributed by atoms with Gasteiger partial charge in [-0.3, -0.25) is 9.69 Å². The highest BCUT2D eigenvalue weighted by Crippen LogP contribution is 2.55. The van der Waals surface area contributed by atoms with Gasteiger partial charge in [-0.2, -0.15) is 5.26 Å². The molecule has 1 spiro atoms. The lowest BCUT2D eigenvalue weighted by atomic mass is 9.67. The number of nitriles is 1. The number of hydrogen-bond acceptors (Lipinski definition) is 6. The Hall–Kier alpha value is -4.12. The first kappa shape index (κ1) is 17.9. The van der Waals surface area contributed by atoms with Crippen molar-refractivity contribution in [1.29, 1.82) is 5.26 Å². The van der Waals surface area contributed by atoms with Crippen LogP contribution in [0.4, 0.5) is 15.8 Å². The van der Waals surface area contributed by atoms with Crippen LogP contribution < -0.4 is 15.5 Å². The van der Waals surface area contributed by atoms with E-state index in [4.69, 9.17) is 10.5 Å². The third kappa shape index (κ3) is 1.96. The van der Waals surface area contributed by atoms with Gasteiger partial charge in [-0.1, -0.05) is 24.3 Å². The van der Waals surface area contributed by atoms with Gasteiger partial charge < -0.3 is 15.4 Å². The van der Waals surface area contributed by atoms with Gasteiger partial charge in [0, 0.05) is 18.3 Å². The number of likely N-dealkylation sites (N-methyl/N-ethyl adjacent to an activating group) is 1. The number of nitrogens with two attached hydrogens (primary N) is 1. The maximum Gasteiger partial charge on any atom is 0.338 e. The van der Waals surface area contributed by atoms with Crippen molar-refractivity contribution in [3.63, 3.8) is 0 Å². The molecule has 0 fully saturated rings. The van der Waals surface area contributed by atoms with Gasteiger partial charge in [-0.25, -0.2) is 9.18 Å². The number of amides is 1. The smallest absolute Gasteiger partial charge is 0.338 e. The van der Waals surface area contributed by atoms with E-state index in [9.17, 15) is 19.2 Å². The summed E-state index contributed by atoms with van der Waals surface area (Å²) < 4.78 is 19.2. The minimum atomic E-state index is -1.70. The van der Waals surface area contributed by atoms with Crippen molar-refractivity contribution in [3.05, 3.63) is 82.6 Å². The Balaban J connectivity index is 1.89. The van der Waals surface area contributed by atoms with Gasteiger partial charge in [0.1, 0.15) is 29.7 Å². The summed E-state index contributed by atoms with van der Waals surface area (Å²) >= 11 is 0. The lowest BCUT2D eigenvalue weighted by Gasteiger charge is -2.38. The van der Waals surface area contributed by atoms with E-state index in [1.54, 1.807) is 37.4 Å². The zero-order valence-electron chi connectivity index (χ0n) is 15.8. The summed E-state index contributed by atoms with van der Waals surface area (Å²) in [5, 5.41) is 10.1. The number of carbonyl (C=O) groups is 2. The number of carbonyl (C=O) groups excluding carboxylic acids is 2. The van der Waals surface area contributed by atoms with Crippen LogP contribution >= 0.6 is 0 Å². The van der Waals surface area contributed by atoms with Crippen LogP contribution in [0.1, 0.15) is 5.56 Å². The monoisotopic (exact) mass is 402 g/mol. The standard InChI is InChI=1S/C22H15FN4O3/c1-26-16-8-3-2-7-14(16)22(21(26)29)15(10-24)19(25)27(13-6-4-5-12(23)9-13)17-11-30-20(28)18(17)22/h2-9H,11,25H2,1H3. The number of rotatable bonds is 1. The average Bonchev–Trinajstić information content (AvgIpc) is 3.21. The molecule has 2 N–H and O–H groups in total. The van der Waals surface area contributed by atoms with E-state index in [1.807, 2.05) is 0 Å². The van der Waals surface area contributed by atoms with Gasteiger partial charge in [-0.15, -0.1) is 0 Å². The summed E-state index contributed by atoms with van der Waals surface area (Å²) in [6.07, 6.45) is 0. The lowest BCUT2D eigenvalue weighted by molar-refractivity contribution is -0.137. The molecule has 3 heterocycles. The van der Waals surface area contributed by atoms with E-state index in [0.717, 1.165) is 0 Å². The Bertz CT molecular complexity index is 1260. The van der Waals surface area contributed by atoms with E-state index in [2.05, 4.69) is 6.07 Å². The summed E-state index contributed by atoms with van der Waals surface area (Å²) in [6, 6.07) is 14.6. The number of anilines is 2. The van der Waals surface area contributed by atoms with E-state index in [0.29, 0.717) is 22.6 Å². The summed E-state index contributed by atoms with van der Waals surface area (Å²) in [6.45, 7) is -0.148. The predicted molar refractivity (Wildman–Crippen MR) is 105 cm³/mol. The zero-order chi connectivity index (χ0) is 21.2. The molecular weight excluding hydrogens is 387 g/mol. The van der Waals surface area contributed by atoms with Gasteiger partial charge >= 0.3 is 5.97 Å². The molecule has 0 aromatic heterocycles. The normalized spacial score (nSPS) is 22.4. The molecule has 0 aliphatic carbocycles. The summed E-state index contributed by atoms with van der Waals surface area (Å²) in [5.41, 5.74) is 6.39. The average molecular weight is 402 g/mol. The second-order valence-electron chi connectivity index (χ2n) is 7.22. The Morgan fingerprint density at radius 3 is 2.70 bits per heavy atom. The molecule has 7 nitrogen and oxygen atoms in total. The minimum Gasteiger partial charge on any atom is -0.456 e. The summed E-state index contributed by atoms with van der Waals surface area (Å²) in [7, 11) is 1.58. The molecule has 3 aliphatic rings. The molecule has 0 bridgehead atoms. The predicted octanol–water partition coefficient (Wildman–Crippen LogP) is 2.06. The molecule has 2 aromatic rings. The maximum atomic E-state index is 13.9. The Morgan fingerprint density at radius 1 is 1.20 bits per heavy atom. The number of fused-ring (bicyclic) bond motifs is 3. The highest BCUT2D eigenvalue weighted by Gasteiger charge is 2.63. The summed E-state index contributed by atoms with van der Waals surface area (Å²) in [5.74, 6) is -1.72. The molecule has 30 heavy (non-hydrogen) atoms. The van der Waals surface area contributed by atoms with E-state index >= 15 is 0 Å². The fraction of sp³-hybridized carbons (Fsp3) is 0.136. The van der Waals surface area contributed by atoms with Crippen molar-refractivity contribution in [2.45, 2.75) is 5.41 Å². The van der Waals surface area contributed by atoms with Crippen LogP contribution in [0.25, 0.3) is 0 Å². The van der Waals surface area contributed by atoms with Crippen molar-refractivity contribution in [2.75, 3.05) is 23.5 Å². The Morgan fingerprint density at radius 2 is 1.97 bits per heavy atom. The molecule has 2 aromatic carbocycles. The molecule has 148 valence electrons. The van der Waals surface area contributed by atoms with E-state index in [1.165, 1.54) is 28.0 Å². The molecule has 0 saturated heterocycles. The van der Waals surface area contributed by atoms with Crippen LogP contribution in [0.15, 0.2) is 71.2 Å². The second-order valence-corrected chi connectivity index (χ2v) is 7.22. The number of cyclic esters (lactones) is 1. The third-order valence-electron chi connectivity index (χ3n) is 5.82. The van der Waals surface area contributed by atoms with Crippen molar-refractivity contribution in [2.24, 2.45) is 5.73 Å². The molecule has 1 atom stereocenters. The molecular formula is C22H15FN4O3. The van der Waals surface area contributed by atoms with Gasteiger partial charge in [-0.05, 0) is 24.3 Å². The number of nitrogens with zero attached hydrogens (tertiary/aromatic N) is 3. The van der Waals surface area contributed by atoms with Gasteiger partial charge in [0.15, 0.2) is 0 Å². The van der Waals surface area contributed by atoms with Crippen molar-refractivity contribution < 1.29 is 18.7 Å². The van der Waals surface area contributed by atoms with Crippen molar-refractivity contribution in [3.8, 4) is 6.07 Å². The largest absolute Gasteiger partial charge is 0.456 e. The molecule has 8 heteroatoms. The Kier molecular flexibility index (Phi) is 3.55. The number of halogens is 1. The minimum absolute atomic E-state index is 0.0410. The van der Waals surface area contributed by atoms with Crippen LogP contribution in [0.3, 0.4) is 0 Å². The van der Waals surface area contributed by atoms with Crippen molar-refractivity contribution in [1.82, 2.24) is 0 Å². The van der Waals surface area contributed by atoms with Gasteiger partial charge in [0.05, 0.1) is 22.5 Å². The SMILES string of the molecule is CN1C(=O)C2(C(C#N)=C(N)N(c3cccc(F)c3)C3=C2C(=O)OC3)c2ccccc21. The number of esters is 1. The second kappa shape index (κ2) is 5.94. The highest BCUT2D eigenvalue weighted by molar-refractivity contribution is 6.19. The third-order valence-corrected chi connectivity index (χ3v) is 5.82. The number of ether oxygens (including phenoxy) is 1. The van der Waals surface area contributed by atoms with Gasteiger partial charge in [0.25, 0.3) is 0 Å². The lowest BCUT2D eigenvalue weighted by Crippen LogP contribution is -2.50. The molecule has 0 saturated carbocycles. The first-order valence-corrected chi connectivity index (χ1v) is 9.17. The zero-order valence-corrected chi connectivity index (χ0v) is 15.8. The van der Waals surface area contributed by atoms with Crippen LogP contribution in [0, 0.1) is 17.1 Å². The number of para-hydroxylation sites is 1. The fourth-order valence-electron chi connectivity index (χ4n) is 4.61. The van der Waals surface area contributed by atoms with Crippen molar-refractivity contribution >= 4 is 23.3 Å². The molecule has 0 radical (unpaired) electrons. The first-order valence-electron chi connectivity index (χ1n) is 9.17. The highest BCUT2D eigenvalue weighted by atomic mass is 19.1. The maximum absolute atomic E-state index is 13.9.